The summed E-state index contributed by atoms with van der Waals surface area (Å²) in [6.45, 7) is 0.349. The second kappa shape index (κ2) is 4.69. The van der Waals surface area contributed by atoms with Crippen molar-refractivity contribution in [3.05, 3.63) is 28.8 Å². The molecule has 5 heteroatoms. The smallest absolute Gasteiger partial charge is 0.303 e. The van der Waals surface area contributed by atoms with Crippen LogP contribution in [0.15, 0.2) is 6.07 Å². The molecule has 0 radical (unpaired) electrons. The Hall–Kier alpha value is -1.65. The zero-order chi connectivity index (χ0) is 12.4. The zero-order valence-electron chi connectivity index (χ0n) is 9.13. The summed E-state index contributed by atoms with van der Waals surface area (Å²) in [6.07, 6.45) is 0.966. The molecule has 0 bridgehead atoms. The first kappa shape index (κ1) is 11.8. The molecule has 0 unspecified atom stereocenters. The highest BCUT2D eigenvalue weighted by Crippen LogP contribution is 2.34. The summed E-state index contributed by atoms with van der Waals surface area (Å²) in [7, 11) is 0. The van der Waals surface area contributed by atoms with Gasteiger partial charge in [0.1, 0.15) is 17.4 Å². The quantitative estimate of drug-likeness (QED) is 0.881. The standard InChI is InChI=1S/C12H12F2O3/c13-9-6-10(14)8-4-5-17-12(8)7(9)2-1-3-11(15)16/h6H,1-5H2,(H,15,16). The molecule has 1 aliphatic rings. The molecule has 0 aliphatic carbocycles. The van der Waals surface area contributed by atoms with E-state index < -0.39 is 17.6 Å². The molecule has 1 heterocycles. The van der Waals surface area contributed by atoms with Crippen molar-refractivity contribution in [2.24, 2.45) is 0 Å². The lowest BCUT2D eigenvalue weighted by atomic mass is 10.0. The van der Waals surface area contributed by atoms with Crippen molar-refractivity contribution < 1.29 is 23.4 Å². The van der Waals surface area contributed by atoms with E-state index in [-0.39, 0.29) is 18.6 Å². The molecule has 92 valence electrons. The number of carboxylic acid groups (broad SMARTS) is 1. The van der Waals surface area contributed by atoms with E-state index in [1.165, 1.54) is 0 Å². The van der Waals surface area contributed by atoms with Crippen molar-refractivity contribution in [3.63, 3.8) is 0 Å². The monoisotopic (exact) mass is 242 g/mol. The number of halogens is 2. The lowest BCUT2D eigenvalue weighted by molar-refractivity contribution is -0.137. The van der Waals surface area contributed by atoms with Crippen molar-refractivity contribution in [3.8, 4) is 5.75 Å². The molecule has 3 nitrogen and oxygen atoms in total. The Balaban J connectivity index is 2.22. The van der Waals surface area contributed by atoms with E-state index >= 15 is 0 Å². The summed E-state index contributed by atoms with van der Waals surface area (Å²) in [5, 5.41) is 8.51. The predicted molar refractivity (Wildman–Crippen MR) is 56.1 cm³/mol. The maximum Gasteiger partial charge on any atom is 0.303 e. The lowest BCUT2D eigenvalue weighted by Gasteiger charge is -2.09. The Bertz CT molecular complexity index is 458. The second-order valence-electron chi connectivity index (χ2n) is 3.97. The summed E-state index contributed by atoms with van der Waals surface area (Å²) in [6, 6.07) is 0.851. The Kier molecular flexibility index (Phi) is 3.26. The van der Waals surface area contributed by atoms with Gasteiger partial charge in [0.2, 0.25) is 0 Å². The van der Waals surface area contributed by atoms with E-state index in [1.807, 2.05) is 0 Å². The predicted octanol–water partition coefficient (Wildman–Crippen LogP) is 2.31. The third-order valence-corrected chi connectivity index (χ3v) is 2.79. The summed E-state index contributed by atoms with van der Waals surface area (Å²) in [5.74, 6) is -1.90. The summed E-state index contributed by atoms with van der Waals surface area (Å²) >= 11 is 0. The van der Waals surface area contributed by atoms with Gasteiger partial charge >= 0.3 is 5.97 Å². The van der Waals surface area contributed by atoms with Gasteiger partial charge in [0.25, 0.3) is 0 Å². The molecule has 1 aromatic rings. The minimum absolute atomic E-state index is 0.0361. The molecule has 0 saturated carbocycles. The van der Waals surface area contributed by atoms with Crippen LogP contribution < -0.4 is 4.74 Å². The fraction of sp³-hybridized carbons (Fsp3) is 0.417. The molecule has 0 spiro atoms. The fourth-order valence-electron chi connectivity index (χ4n) is 2.00. The largest absolute Gasteiger partial charge is 0.492 e. The third kappa shape index (κ3) is 2.38. The van der Waals surface area contributed by atoms with Crippen molar-refractivity contribution in [2.45, 2.75) is 25.7 Å². The van der Waals surface area contributed by atoms with Gasteiger partial charge in [-0.25, -0.2) is 8.78 Å². The van der Waals surface area contributed by atoms with E-state index in [0.717, 1.165) is 6.07 Å². The average molecular weight is 242 g/mol. The minimum Gasteiger partial charge on any atom is -0.492 e. The molecule has 0 amide bonds. The highest BCUT2D eigenvalue weighted by molar-refractivity contribution is 5.66. The van der Waals surface area contributed by atoms with Crippen LogP contribution in [0.3, 0.4) is 0 Å². The summed E-state index contributed by atoms with van der Waals surface area (Å²) < 4.78 is 32.2. The van der Waals surface area contributed by atoms with Gasteiger partial charge in [0.15, 0.2) is 0 Å². The topological polar surface area (TPSA) is 46.5 Å². The van der Waals surface area contributed by atoms with Crippen molar-refractivity contribution in [1.29, 1.82) is 0 Å². The number of carboxylic acids is 1. The van der Waals surface area contributed by atoms with Crippen LogP contribution in [0, 0.1) is 11.6 Å². The first-order valence-corrected chi connectivity index (χ1v) is 5.44. The van der Waals surface area contributed by atoms with Gasteiger partial charge in [-0.3, -0.25) is 4.79 Å². The van der Waals surface area contributed by atoms with Gasteiger partial charge in [-0.2, -0.15) is 0 Å². The van der Waals surface area contributed by atoms with Crippen molar-refractivity contribution in [1.82, 2.24) is 0 Å². The normalized spacial score (nSPS) is 13.3. The Labute approximate surface area is 97.0 Å². The third-order valence-electron chi connectivity index (χ3n) is 2.79. The van der Waals surface area contributed by atoms with E-state index in [4.69, 9.17) is 9.84 Å². The van der Waals surface area contributed by atoms with Gasteiger partial charge in [0.05, 0.1) is 6.61 Å². The average Bonchev–Trinajstić information content (AvgIpc) is 2.71. The highest BCUT2D eigenvalue weighted by atomic mass is 19.1. The molecule has 0 atom stereocenters. The lowest BCUT2D eigenvalue weighted by Crippen LogP contribution is -2.01. The van der Waals surface area contributed by atoms with Crippen LogP contribution >= 0.6 is 0 Å². The van der Waals surface area contributed by atoms with E-state index in [2.05, 4.69) is 0 Å². The molecule has 0 saturated heterocycles. The van der Waals surface area contributed by atoms with E-state index in [9.17, 15) is 13.6 Å². The Morgan fingerprint density at radius 1 is 1.41 bits per heavy atom. The van der Waals surface area contributed by atoms with E-state index in [0.29, 0.717) is 30.6 Å². The van der Waals surface area contributed by atoms with Crippen molar-refractivity contribution in [2.75, 3.05) is 6.61 Å². The summed E-state index contributed by atoms with van der Waals surface area (Å²) in [4.78, 5) is 10.4. The Morgan fingerprint density at radius 3 is 2.88 bits per heavy atom. The molecule has 0 fully saturated rings. The zero-order valence-corrected chi connectivity index (χ0v) is 9.13. The van der Waals surface area contributed by atoms with Crippen LogP contribution in [0.4, 0.5) is 8.78 Å². The molecule has 2 rings (SSSR count). The molecule has 0 aromatic heterocycles. The number of fused-ring (bicyclic) bond motifs is 1. The summed E-state index contributed by atoms with van der Waals surface area (Å²) in [5.41, 5.74) is 0.692. The number of aliphatic carboxylic acids is 1. The van der Waals surface area contributed by atoms with Gasteiger partial charge in [-0.15, -0.1) is 0 Å². The molecule has 1 aromatic carbocycles. The Morgan fingerprint density at radius 2 is 2.18 bits per heavy atom. The first-order chi connectivity index (χ1) is 8.09. The molecular weight excluding hydrogens is 230 g/mol. The molecule has 17 heavy (non-hydrogen) atoms. The number of benzene rings is 1. The highest BCUT2D eigenvalue weighted by Gasteiger charge is 2.23. The first-order valence-electron chi connectivity index (χ1n) is 5.44. The van der Waals surface area contributed by atoms with Crippen LogP contribution in [-0.4, -0.2) is 17.7 Å². The van der Waals surface area contributed by atoms with Crippen LogP contribution in [0.25, 0.3) is 0 Å². The van der Waals surface area contributed by atoms with Gasteiger partial charge < -0.3 is 9.84 Å². The van der Waals surface area contributed by atoms with Crippen LogP contribution in [0.2, 0.25) is 0 Å². The molecular formula is C12H12F2O3. The number of carbonyl (C=O) groups is 1. The minimum atomic E-state index is -0.926. The van der Waals surface area contributed by atoms with Crippen LogP contribution in [0.5, 0.6) is 5.75 Å². The molecule has 1 N–H and O–H groups in total. The number of hydrogen-bond donors (Lipinski definition) is 1. The van der Waals surface area contributed by atoms with Crippen LogP contribution in [-0.2, 0) is 17.6 Å². The second-order valence-corrected chi connectivity index (χ2v) is 3.97. The fourth-order valence-corrected chi connectivity index (χ4v) is 2.00. The molecule has 1 aliphatic heterocycles. The maximum absolute atomic E-state index is 13.6. The van der Waals surface area contributed by atoms with Gasteiger partial charge in [0, 0.05) is 30.0 Å². The van der Waals surface area contributed by atoms with Crippen molar-refractivity contribution >= 4 is 5.97 Å². The van der Waals surface area contributed by atoms with Gasteiger partial charge in [-0.1, -0.05) is 0 Å². The number of ether oxygens (including phenoxy) is 1. The number of hydrogen-bond acceptors (Lipinski definition) is 2. The SMILES string of the molecule is O=C(O)CCCc1c(F)cc(F)c2c1OCC2. The number of rotatable bonds is 4. The van der Waals surface area contributed by atoms with E-state index in [1.54, 1.807) is 0 Å². The maximum atomic E-state index is 13.6. The van der Waals surface area contributed by atoms with Crippen LogP contribution in [0.1, 0.15) is 24.0 Å². The van der Waals surface area contributed by atoms with Gasteiger partial charge in [-0.05, 0) is 12.8 Å².